The fourth-order valence-electron chi connectivity index (χ4n) is 2.06. The molecule has 2 aromatic carbocycles. The SMILES string of the molecule is O=C(OCc1c(Cl)cccc1Cl)c1ccc2c(c1)OCCO2. The minimum atomic E-state index is -0.479. The van der Waals surface area contributed by atoms with Crippen molar-refractivity contribution in [2.45, 2.75) is 6.61 Å². The van der Waals surface area contributed by atoms with Crippen molar-refractivity contribution < 1.29 is 19.0 Å². The van der Waals surface area contributed by atoms with Gasteiger partial charge >= 0.3 is 5.97 Å². The lowest BCUT2D eigenvalue weighted by Gasteiger charge is -2.18. The van der Waals surface area contributed by atoms with E-state index in [-0.39, 0.29) is 6.61 Å². The average molecular weight is 339 g/mol. The van der Waals surface area contributed by atoms with Gasteiger partial charge < -0.3 is 14.2 Å². The number of hydrogen-bond donors (Lipinski definition) is 0. The van der Waals surface area contributed by atoms with E-state index in [2.05, 4.69) is 0 Å². The van der Waals surface area contributed by atoms with Crippen LogP contribution in [-0.4, -0.2) is 19.2 Å². The highest BCUT2D eigenvalue weighted by Crippen LogP contribution is 2.31. The summed E-state index contributed by atoms with van der Waals surface area (Å²) in [6.45, 7) is 0.967. The van der Waals surface area contributed by atoms with Crippen LogP contribution in [0.5, 0.6) is 11.5 Å². The van der Waals surface area contributed by atoms with E-state index >= 15 is 0 Å². The van der Waals surface area contributed by atoms with E-state index in [0.29, 0.717) is 45.9 Å². The molecule has 114 valence electrons. The zero-order valence-corrected chi connectivity index (χ0v) is 13.0. The molecule has 0 amide bonds. The van der Waals surface area contributed by atoms with E-state index in [0.717, 1.165) is 0 Å². The topological polar surface area (TPSA) is 44.8 Å². The molecule has 0 bridgehead atoms. The Hall–Kier alpha value is -1.91. The highest BCUT2D eigenvalue weighted by Gasteiger charge is 2.16. The molecule has 1 aliphatic heterocycles. The van der Waals surface area contributed by atoms with Gasteiger partial charge in [0.05, 0.1) is 5.56 Å². The quantitative estimate of drug-likeness (QED) is 0.789. The average Bonchev–Trinajstić information content (AvgIpc) is 2.53. The van der Waals surface area contributed by atoms with E-state index in [1.807, 2.05) is 0 Å². The first-order valence-electron chi connectivity index (χ1n) is 6.65. The maximum Gasteiger partial charge on any atom is 0.338 e. The van der Waals surface area contributed by atoms with Crippen LogP contribution in [0.3, 0.4) is 0 Å². The van der Waals surface area contributed by atoms with E-state index in [1.54, 1.807) is 36.4 Å². The van der Waals surface area contributed by atoms with Crippen LogP contribution in [0.2, 0.25) is 10.0 Å². The number of carbonyl (C=O) groups excluding carboxylic acids is 1. The summed E-state index contributed by atoms with van der Waals surface area (Å²) in [7, 11) is 0. The predicted molar refractivity (Wildman–Crippen MR) is 83.0 cm³/mol. The van der Waals surface area contributed by atoms with Crippen molar-refractivity contribution in [1.82, 2.24) is 0 Å². The lowest BCUT2D eigenvalue weighted by Crippen LogP contribution is -2.16. The number of esters is 1. The van der Waals surface area contributed by atoms with E-state index in [9.17, 15) is 4.79 Å². The van der Waals surface area contributed by atoms with Gasteiger partial charge in [0.1, 0.15) is 19.8 Å². The Labute approximate surface area is 137 Å². The molecule has 3 rings (SSSR count). The Morgan fingerprint density at radius 1 is 1.05 bits per heavy atom. The van der Waals surface area contributed by atoms with Gasteiger partial charge in [-0.1, -0.05) is 29.3 Å². The number of carbonyl (C=O) groups is 1. The summed E-state index contributed by atoms with van der Waals surface area (Å²) in [6.07, 6.45) is 0. The highest BCUT2D eigenvalue weighted by atomic mass is 35.5. The van der Waals surface area contributed by atoms with Crippen molar-refractivity contribution in [1.29, 1.82) is 0 Å². The van der Waals surface area contributed by atoms with Gasteiger partial charge in [-0.05, 0) is 30.3 Å². The Morgan fingerprint density at radius 2 is 1.73 bits per heavy atom. The van der Waals surface area contributed by atoms with Gasteiger partial charge in [0.2, 0.25) is 0 Å². The number of fused-ring (bicyclic) bond motifs is 1. The Balaban J connectivity index is 1.72. The van der Waals surface area contributed by atoms with Crippen molar-refractivity contribution >= 4 is 29.2 Å². The molecule has 1 aliphatic rings. The van der Waals surface area contributed by atoms with Gasteiger partial charge in [-0.3, -0.25) is 0 Å². The predicted octanol–water partition coefficient (Wildman–Crippen LogP) is 4.12. The third kappa shape index (κ3) is 3.13. The minimum Gasteiger partial charge on any atom is -0.486 e. The van der Waals surface area contributed by atoms with Crippen LogP contribution in [0.1, 0.15) is 15.9 Å². The van der Waals surface area contributed by atoms with Crippen molar-refractivity contribution in [3.8, 4) is 11.5 Å². The molecule has 0 radical (unpaired) electrons. The molecule has 0 aromatic heterocycles. The summed E-state index contributed by atoms with van der Waals surface area (Å²) < 4.78 is 16.1. The van der Waals surface area contributed by atoms with E-state index < -0.39 is 5.97 Å². The third-order valence-corrected chi connectivity index (χ3v) is 3.90. The molecule has 0 atom stereocenters. The van der Waals surface area contributed by atoms with Crippen molar-refractivity contribution in [2.75, 3.05) is 13.2 Å². The van der Waals surface area contributed by atoms with Crippen molar-refractivity contribution in [3.05, 3.63) is 57.6 Å². The first-order valence-corrected chi connectivity index (χ1v) is 7.40. The van der Waals surface area contributed by atoms with Crippen molar-refractivity contribution in [3.63, 3.8) is 0 Å². The van der Waals surface area contributed by atoms with Crippen LogP contribution in [0, 0.1) is 0 Å². The standard InChI is InChI=1S/C16H12Cl2O4/c17-12-2-1-3-13(18)11(12)9-22-16(19)10-4-5-14-15(8-10)21-7-6-20-14/h1-5,8H,6-7,9H2. The molecule has 0 aliphatic carbocycles. The molecule has 0 spiro atoms. The van der Waals surface area contributed by atoms with Crippen LogP contribution < -0.4 is 9.47 Å². The minimum absolute atomic E-state index is 0.00574. The van der Waals surface area contributed by atoms with E-state index in [1.165, 1.54) is 0 Å². The first-order chi connectivity index (χ1) is 10.6. The number of rotatable bonds is 3. The fraction of sp³-hybridized carbons (Fsp3) is 0.188. The van der Waals surface area contributed by atoms with Gasteiger partial charge in [-0.2, -0.15) is 0 Å². The number of benzene rings is 2. The summed E-state index contributed by atoms with van der Waals surface area (Å²) in [5, 5.41) is 0.921. The maximum absolute atomic E-state index is 12.1. The van der Waals surface area contributed by atoms with E-state index in [4.69, 9.17) is 37.4 Å². The van der Waals surface area contributed by atoms with Crippen LogP contribution in [-0.2, 0) is 11.3 Å². The summed E-state index contributed by atoms with van der Waals surface area (Å²) in [5.74, 6) is 0.682. The highest BCUT2D eigenvalue weighted by molar-refractivity contribution is 6.35. The molecule has 1 heterocycles. The second kappa shape index (κ2) is 6.46. The Bertz CT molecular complexity index is 695. The fourth-order valence-corrected chi connectivity index (χ4v) is 2.57. The molecule has 0 fully saturated rings. The second-order valence-corrected chi connectivity index (χ2v) is 5.45. The molecule has 0 unspecified atom stereocenters. The largest absolute Gasteiger partial charge is 0.486 e. The Morgan fingerprint density at radius 3 is 2.45 bits per heavy atom. The van der Waals surface area contributed by atoms with Crippen LogP contribution in [0.15, 0.2) is 36.4 Å². The molecule has 0 N–H and O–H groups in total. The van der Waals surface area contributed by atoms with Gasteiger partial charge in [0.15, 0.2) is 11.5 Å². The molecule has 2 aromatic rings. The molecular weight excluding hydrogens is 327 g/mol. The van der Waals surface area contributed by atoms with Gasteiger partial charge in [0.25, 0.3) is 0 Å². The maximum atomic E-state index is 12.1. The van der Waals surface area contributed by atoms with Gasteiger partial charge in [0, 0.05) is 15.6 Å². The zero-order chi connectivity index (χ0) is 15.5. The number of halogens is 2. The first kappa shape index (κ1) is 15.0. The third-order valence-electron chi connectivity index (χ3n) is 3.19. The second-order valence-electron chi connectivity index (χ2n) is 4.63. The lowest BCUT2D eigenvalue weighted by molar-refractivity contribution is 0.0472. The lowest BCUT2D eigenvalue weighted by atomic mass is 10.2. The summed E-state index contributed by atoms with van der Waals surface area (Å²) in [6, 6.07) is 10.0. The van der Waals surface area contributed by atoms with Gasteiger partial charge in [-0.25, -0.2) is 4.79 Å². The monoisotopic (exact) mass is 338 g/mol. The molecule has 0 saturated heterocycles. The molecule has 22 heavy (non-hydrogen) atoms. The molecule has 4 nitrogen and oxygen atoms in total. The van der Waals surface area contributed by atoms with Crippen LogP contribution in [0.4, 0.5) is 0 Å². The van der Waals surface area contributed by atoms with Crippen LogP contribution in [0.25, 0.3) is 0 Å². The number of ether oxygens (including phenoxy) is 3. The van der Waals surface area contributed by atoms with Crippen LogP contribution >= 0.6 is 23.2 Å². The summed E-state index contributed by atoms with van der Waals surface area (Å²) >= 11 is 12.1. The number of hydrogen-bond acceptors (Lipinski definition) is 4. The van der Waals surface area contributed by atoms with Gasteiger partial charge in [-0.15, -0.1) is 0 Å². The molecular formula is C16H12Cl2O4. The van der Waals surface area contributed by atoms with Crippen molar-refractivity contribution in [2.24, 2.45) is 0 Å². The normalized spacial score (nSPS) is 12.8. The smallest absolute Gasteiger partial charge is 0.338 e. The molecule has 0 saturated carbocycles. The zero-order valence-electron chi connectivity index (χ0n) is 11.5. The summed E-state index contributed by atoms with van der Waals surface area (Å²) in [4.78, 5) is 12.1. The Kier molecular flexibility index (Phi) is 4.41. The molecule has 6 heteroatoms. The summed E-state index contributed by atoms with van der Waals surface area (Å²) in [5.41, 5.74) is 0.962.